The summed E-state index contributed by atoms with van der Waals surface area (Å²) in [7, 11) is 0. The van der Waals surface area contributed by atoms with E-state index in [0.29, 0.717) is 29.8 Å². The Bertz CT molecular complexity index is 662. The maximum absolute atomic E-state index is 14.6. The summed E-state index contributed by atoms with van der Waals surface area (Å²) in [5, 5.41) is 3.12. The largest absolute Gasteiger partial charge is 0.370 e. The van der Waals surface area contributed by atoms with Gasteiger partial charge >= 0.3 is 0 Å². The first kappa shape index (κ1) is 15.8. The van der Waals surface area contributed by atoms with Gasteiger partial charge in [0.25, 0.3) is 11.8 Å². The molecule has 0 aliphatic carbocycles. The van der Waals surface area contributed by atoms with Gasteiger partial charge in [-0.25, -0.2) is 4.39 Å². The molecule has 0 saturated carbocycles. The summed E-state index contributed by atoms with van der Waals surface area (Å²) in [5.41, 5.74) is 0.711. The van der Waals surface area contributed by atoms with E-state index in [2.05, 4.69) is 5.32 Å². The third-order valence-corrected chi connectivity index (χ3v) is 4.08. The summed E-state index contributed by atoms with van der Waals surface area (Å²) in [6.07, 6.45) is 0. The third kappa shape index (κ3) is 3.04. The average molecular weight is 318 g/mol. The first-order chi connectivity index (χ1) is 10.9. The van der Waals surface area contributed by atoms with Crippen LogP contribution in [0.15, 0.2) is 35.7 Å². The van der Waals surface area contributed by atoms with Gasteiger partial charge in [0, 0.05) is 18.7 Å². The van der Waals surface area contributed by atoms with Crippen LogP contribution in [0.4, 0.5) is 4.39 Å². The fourth-order valence-corrected chi connectivity index (χ4v) is 2.71. The number of ether oxygens (including phenoxy) is 1. The van der Waals surface area contributed by atoms with Crippen molar-refractivity contribution in [2.45, 2.75) is 19.4 Å². The Morgan fingerprint density at radius 3 is 2.48 bits per heavy atom. The second-order valence-corrected chi connectivity index (χ2v) is 6.40. The minimum Gasteiger partial charge on any atom is -0.370 e. The van der Waals surface area contributed by atoms with Crippen molar-refractivity contribution in [3.05, 3.63) is 46.8 Å². The highest BCUT2D eigenvalue weighted by molar-refractivity contribution is 6.21. The second kappa shape index (κ2) is 5.86. The van der Waals surface area contributed by atoms with Crippen molar-refractivity contribution < 1.29 is 18.7 Å². The van der Waals surface area contributed by atoms with Gasteiger partial charge in [0.15, 0.2) is 0 Å². The normalized spacial score (nSPS) is 22.8. The fraction of sp³-hybridized carbons (Fsp3) is 0.412. The lowest BCUT2D eigenvalue weighted by Crippen LogP contribution is -2.34. The topological polar surface area (TPSA) is 58.6 Å². The lowest BCUT2D eigenvalue weighted by Gasteiger charge is -2.22. The van der Waals surface area contributed by atoms with E-state index in [9.17, 15) is 14.0 Å². The maximum Gasteiger partial charge on any atom is 0.261 e. The third-order valence-electron chi connectivity index (χ3n) is 4.08. The first-order valence-electron chi connectivity index (χ1n) is 7.55. The molecule has 2 heterocycles. The molecule has 1 fully saturated rings. The van der Waals surface area contributed by atoms with E-state index in [-0.39, 0.29) is 18.8 Å². The van der Waals surface area contributed by atoms with Crippen LogP contribution in [0.5, 0.6) is 0 Å². The summed E-state index contributed by atoms with van der Waals surface area (Å²) in [6, 6.07) is 6.54. The molecule has 0 atom stereocenters. The second-order valence-electron chi connectivity index (χ2n) is 6.40. The Morgan fingerprint density at radius 1 is 1.26 bits per heavy atom. The molecule has 6 heteroatoms. The standard InChI is InChI=1S/C17H19FN2O3/c1-17(2)10-19-7-11(9-23-17)14(18)8-20-15(21)12-5-3-4-6-13(12)16(20)22/h3-6,19H,7-10H2,1-2H3/b14-11-. The van der Waals surface area contributed by atoms with Crippen LogP contribution in [0.2, 0.25) is 0 Å². The molecule has 5 nitrogen and oxygen atoms in total. The molecule has 2 aliphatic heterocycles. The number of imide groups is 1. The van der Waals surface area contributed by atoms with E-state index in [4.69, 9.17) is 4.74 Å². The van der Waals surface area contributed by atoms with Crippen LogP contribution in [-0.2, 0) is 4.74 Å². The molecule has 1 N–H and O–H groups in total. The summed E-state index contributed by atoms with van der Waals surface area (Å²) in [6.45, 7) is 4.59. The van der Waals surface area contributed by atoms with Gasteiger partial charge in [-0.1, -0.05) is 12.1 Å². The number of halogens is 1. The Morgan fingerprint density at radius 2 is 1.87 bits per heavy atom. The molecule has 0 spiro atoms. The first-order valence-corrected chi connectivity index (χ1v) is 7.55. The molecule has 0 unspecified atom stereocenters. The minimum atomic E-state index is -0.496. The highest BCUT2D eigenvalue weighted by atomic mass is 19.1. The van der Waals surface area contributed by atoms with Crippen molar-refractivity contribution in [2.24, 2.45) is 0 Å². The van der Waals surface area contributed by atoms with Gasteiger partial charge in [0.2, 0.25) is 0 Å². The highest BCUT2D eigenvalue weighted by Gasteiger charge is 2.36. The minimum absolute atomic E-state index is 0.148. The number of hydrogen-bond acceptors (Lipinski definition) is 4. The molecule has 2 aliphatic rings. The van der Waals surface area contributed by atoms with Gasteiger partial charge in [0.1, 0.15) is 5.83 Å². The zero-order valence-corrected chi connectivity index (χ0v) is 13.2. The van der Waals surface area contributed by atoms with Gasteiger partial charge in [0.05, 0.1) is 29.9 Å². The molecule has 0 radical (unpaired) electrons. The summed E-state index contributed by atoms with van der Waals surface area (Å²) < 4.78 is 20.2. The number of rotatable bonds is 2. The van der Waals surface area contributed by atoms with Crippen molar-refractivity contribution >= 4 is 11.8 Å². The summed E-state index contributed by atoms with van der Waals surface area (Å²) in [4.78, 5) is 25.5. The predicted molar refractivity (Wildman–Crippen MR) is 82.8 cm³/mol. The van der Waals surface area contributed by atoms with E-state index < -0.39 is 17.6 Å². The number of fused-ring (bicyclic) bond motifs is 1. The molecule has 0 aromatic heterocycles. The number of hydrogen-bond donors (Lipinski definition) is 1. The Labute approximate surface area is 134 Å². The van der Waals surface area contributed by atoms with Crippen LogP contribution in [0.1, 0.15) is 34.6 Å². The molecule has 1 aromatic rings. The van der Waals surface area contributed by atoms with Crippen molar-refractivity contribution in [3.8, 4) is 0 Å². The van der Waals surface area contributed by atoms with Crippen molar-refractivity contribution in [3.63, 3.8) is 0 Å². The molecule has 1 saturated heterocycles. The number of benzene rings is 1. The van der Waals surface area contributed by atoms with Crippen LogP contribution in [-0.4, -0.2) is 48.6 Å². The molecule has 2 amide bonds. The monoisotopic (exact) mass is 318 g/mol. The molecule has 1 aromatic carbocycles. The SMILES string of the molecule is CC1(C)CNC/C(=C(/F)CN2C(=O)c3ccccc3C2=O)CO1. The lowest BCUT2D eigenvalue weighted by molar-refractivity contribution is 0.00521. The lowest BCUT2D eigenvalue weighted by atomic mass is 10.1. The summed E-state index contributed by atoms with van der Waals surface area (Å²) in [5.74, 6) is -1.40. The molecular weight excluding hydrogens is 299 g/mol. The van der Waals surface area contributed by atoms with Crippen LogP contribution < -0.4 is 5.32 Å². The summed E-state index contributed by atoms with van der Waals surface area (Å²) >= 11 is 0. The van der Waals surface area contributed by atoms with Crippen LogP contribution in [0.25, 0.3) is 0 Å². The average Bonchev–Trinajstić information content (AvgIpc) is 2.66. The zero-order valence-electron chi connectivity index (χ0n) is 13.2. The van der Waals surface area contributed by atoms with E-state index in [0.717, 1.165) is 4.90 Å². The van der Waals surface area contributed by atoms with E-state index in [1.54, 1.807) is 24.3 Å². The quantitative estimate of drug-likeness (QED) is 0.846. The Balaban J connectivity index is 1.79. The van der Waals surface area contributed by atoms with Crippen LogP contribution in [0.3, 0.4) is 0 Å². The maximum atomic E-state index is 14.6. The molecular formula is C17H19FN2O3. The Kier molecular flexibility index (Phi) is 4.04. The van der Waals surface area contributed by atoms with Gasteiger partial charge in [-0.3, -0.25) is 14.5 Å². The van der Waals surface area contributed by atoms with E-state index in [1.807, 2.05) is 13.8 Å². The number of nitrogens with one attached hydrogen (secondary N) is 1. The number of amides is 2. The van der Waals surface area contributed by atoms with Gasteiger partial charge < -0.3 is 10.1 Å². The smallest absolute Gasteiger partial charge is 0.261 e. The Hall–Kier alpha value is -2.05. The van der Waals surface area contributed by atoms with Gasteiger partial charge in [-0.05, 0) is 26.0 Å². The van der Waals surface area contributed by atoms with Crippen molar-refractivity contribution in [2.75, 3.05) is 26.2 Å². The number of carbonyl (C=O) groups is 2. The van der Waals surface area contributed by atoms with E-state index in [1.165, 1.54) is 0 Å². The van der Waals surface area contributed by atoms with E-state index >= 15 is 0 Å². The zero-order chi connectivity index (χ0) is 16.6. The molecule has 3 rings (SSSR count). The van der Waals surface area contributed by atoms with Crippen molar-refractivity contribution in [1.82, 2.24) is 10.2 Å². The fourth-order valence-electron chi connectivity index (χ4n) is 2.71. The van der Waals surface area contributed by atoms with Crippen LogP contribution in [0, 0.1) is 0 Å². The van der Waals surface area contributed by atoms with Crippen LogP contribution >= 0.6 is 0 Å². The number of carbonyl (C=O) groups excluding carboxylic acids is 2. The number of nitrogens with zero attached hydrogens (tertiary/aromatic N) is 1. The molecule has 122 valence electrons. The predicted octanol–water partition coefficient (Wildman–Crippen LogP) is 1.90. The van der Waals surface area contributed by atoms with Crippen molar-refractivity contribution in [1.29, 1.82) is 0 Å². The molecule has 0 bridgehead atoms. The van der Waals surface area contributed by atoms with Gasteiger partial charge in [-0.2, -0.15) is 0 Å². The molecule has 23 heavy (non-hydrogen) atoms. The van der Waals surface area contributed by atoms with Gasteiger partial charge in [-0.15, -0.1) is 0 Å². The highest BCUT2D eigenvalue weighted by Crippen LogP contribution is 2.25.